The van der Waals surface area contributed by atoms with E-state index < -0.39 is 11.6 Å². The summed E-state index contributed by atoms with van der Waals surface area (Å²) in [6.07, 6.45) is 3.98. The highest BCUT2D eigenvalue weighted by molar-refractivity contribution is 6.01. The van der Waals surface area contributed by atoms with Crippen LogP contribution in [0.5, 0.6) is 5.88 Å². The highest BCUT2D eigenvalue weighted by atomic mass is 19.1. The third-order valence-electron chi connectivity index (χ3n) is 6.88. The highest BCUT2D eigenvalue weighted by Gasteiger charge is 2.38. The number of nitrogens with one attached hydrogen (secondary N) is 2. The number of aromatic nitrogens is 3. The van der Waals surface area contributed by atoms with E-state index in [-0.39, 0.29) is 17.8 Å². The number of H-pyrrole nitrogens is 1. The minimum atomic E-state index is -0.735. The van der Waals surface area contributed by atoms with Gasteiger partial charge in [0.15, 0.2) is 0 Å². The number of benzene rings is 2. The summed E-state index contributed by atoms with van der Waals surface area (Å²) in [5, 5.41) is 21.9. The molecule has 2 aromatic carbocycles. The Kier molecular flexibility index (Phi) is 6.93. The van der Waals surface area contributed by atoms with Gasteiger partial charge in [0.2, 0.25) is 5.88 Å². The Bertz CT molecular complexity index is 1400. The molecular formula is C29H31FN4O3. The van der Waals surface area contributed by atoms with Crippen molar-refractivity contribution < 1.29 is 19.0 Å². The zero-order valence-corrected chi connectivity index (χ0v) is 21.0. The number of pyridine rings is 1. The van der Waals surface area contributed by atoms with E-state index in [1.807, 2.05) is 26.0 Å². The molecule has 2 heterocycles. The number of aliphatic hydroxyl groups excluding tert-OH is 1. The molecule has 0 saturated heterocycles. The number of rotatable bonds is 7. The molecule has 1 saturated carbocycles. The molecule has 2 atom stereocenters. The quantitative estimate of drug-likeness (QED) is 0.323. The van der Waals surface area contributed by atoms with Gasteiger partial charge in [0.05, 0.1) is 17.7 Å². The van der Waals surface area contributed by atoms with Crippen LogP contribution in [0.2, 0.25) is 0 Å². The molecule has 1 amide bonds. The van der Waals surface area contributed by atoms with Gasteiger partial charge in [0, 0.05) is 34.3 Å². The van der Waals surface area contributed by atoms with Crippen molar-refractivity contribution in [2.75, 3.05) is 0 Å². The van der Waals surface area contributed by atoms with Crippen LogP contribution in [0.1, 0.15) is 55.5 Å². The van der Waals surface area contributed by atoms with Crippen molar-refractivity contribution in [3.8, 4) is 17.1 Å². The summed E-state index contributed by atoms with van der Waals surface area (Å²) in [5.41, 5.74) is 2.54. The van der Waals surface area contributed by atoms with E-state index in [1.165, 1.54) is 6.07 Å². The second-order valence-electron chi connectivity index (χ2n) is 10.1. The molecule has 0 aliphatic heterocycles. The first-order valence-corrected chi connectivity index (χ1v) is 12.7. The molecule has 4 aromatic rings. The third-order valence-corrected chi connectivity index (χ3v) is 6.88. The molecule has 1 unspecified atom stereocenters. The van der Waals surface area contributed by atoms with Gasteiger partial charge in [-0.2, -0.15) is 5.10 Å². The molecule has 37 heavy (non-hydrogen) atoms. The lowest BCUT2D eigenvalue weighted by Crippen LogP contribution is -2.54. The van der Waals surface area contributed by atoms with Crippen molar-refractivity contribution in [3.63, 3.8) is 0 Å². The second kappa shape index (κ2) is 10.3. The van der Waals surface area contributed by atoms with Crippen molar-refractivity contribution in [2.24, 2.45) is 0 Å². The topological polar surface area (TPSA) is 100 Å². The van der Waals surface area contributed by atoms with Crippen molar-refractivity contribution in [2.45, 2.75) is 63.7 Å². The normalized spacial score (nSPS) is 19.8. The number of ether oxygens (including phenoxy) is 1. The van der Waals surface area contributed by atoms with E-state index in [4.69, 9.17) is 4.74 Å². The molecule has 1 aliphatic rings. The van der Waals surface area contributed by atoms with Crippen molar-refractivity contribution in [3.05, 3.63) is 77.7 Å². The maximum atomic E-state index is 14.5. The van der Waals surface area contributed by atoms with Gasteiger partial charge in [0.1, 0.15) is 11.5 Å². The Balaban J connectivity index is 1.43. The zero-order valence-electron chi connectivity index (χ0n) is 21.0. The fourth-order valence-electron chi connectivity index (χ4n) is 5.18. The van der Waals surface area contributed by atoms with Crippen molar-refractivity contribution in [1.82, 2.24) is 20.5 Å². The maximum Gasteiger partial charge on any atom is 0.251 e. The largest absolute Gasteiger partial charge is 0.475 e. The molecule has 2 aromatic heterocycles. The number of halogens is 1. The van der Waals surface area contributed by atoms with Gasteiger partial charge < -0.3 is 15.2 Å². The van der Waals surface area contributed by atoms with Gasteiger partial charge in [-0.1, -0.05) is 18.2 Å². The second-order valence-corrected chi connectivity index (χ2v) is 10.1. The number of fused-ring (bicyclic) bond motifs is 1. The minimum Gasteiger partial charge on any atom is -0.475 e. The minimum absolute atomic E-state index is 0.0255. The standard InChI is InChI=1S/C29H31FN4O3/c1-18(2)37-26-12-10-21(17-31-26)27-23-14-19(9-11-25(23)33-34-27)28(36)32-29(13-5-7-22(35)16-29)15-20-6-3-4-8-24(20)30/h3-4,6,8-12,14,17-18,22,35H,5,7,13,15-16H2,1-2H3,(H,32,36)(H,33,34)/t22-,29?/m0/s1. The van der Waals surface area contributed by atoms with Crippen LogP contribution in [0.25, 0.3) is 22.2 Å². The number of hydrogen-bond donors (Lipinski definition) is 3. The molecule has 7 nitrogen and oxygen atoms in total. The number of aliphatic hydroxyl groups is 1. The fourth-order valence-corrected chi connectivity index (χ4v) is 5.18. The molecule has 5 rings (SSSR count). The van der Waals surface area contributed by atoms with Crippen LogP contribution >= 0.6 is 0 Å². The SMILES string of the molecule is CC(C)Oc1ccc(-c2n[nH]c3ccc(C(=O)NC4(Cc5ccccc5F)CCC[C@H](O)C4)cc23)cn1. The van der Waals surface area contributed by atoms with E-state index in [1.54, 1.807) is 42.6 Å². The van der Waals surface area contributed by atoms with E-state index in [2.05, 4.69) is 20.5 Å². The summed E-state index contributed by atoms with van der Waals surface area (Å²) in [4.78, 5) is 17.9. The average molecular weight is 503 g/mol. The first-order chi connectivity index (χ1) is 17.8. The van der Waals surface area contributed by atoms with Crippen LogP contribution in [0.3, 0.4) is 0 Å². The predicted molar refractivity (Wildman–Crippen MR) is 140 cm³/mol. The summed E-state index contributed by atoms with van der Waals surface area (Å²) in [6, 6.07) is 15.7. The lowest BCUT2D eigenvalue weighted by Gasteiger charge is -2.40. The average Bonchev–Trinajstić information content (AvgIpc) is 3.29. The molecule has 192 valence electrons. The summed E-state index contributed by atoms with van der Waals surface area (Å²) in [6.45, 7) is 3.88. The molecule has 1 fully saturated rings. The smallest absolute Gasteiger partial charge is 0.251 e. The Hall–Kier alpha value is -3.78. The summed E-state index contributed by atoms with van der Waals surface area (Å²) < 4.78 is 20.1. The molecule has 0 radical (unpaired) electrons. The molecule has 0 bridgehead atoms. The van der Waals surface area contributed by atoms with Crippen LogP contribution in [0.15, 0.2) is 60.8 Å². The highest BCUT2D eigenvalue weighted by Crippen LogP contribution is 2.33. The summed E-state index contributed by atoms with van der Waals surface area (Å²) >= 11 is 0. The first kappa shape index (κ1) is 24.9. The van der Waals surface area contributed by atoms with Crippen LogP contribution in [0.4, 0.5) is 4.39 Å². The number of nitrogens with zero attached hydrogens (tertiary/aromatic N) is 2. The van der Waals surface area contributed by atoms with Gasteiger partial charge in [-0.15, -0.1) is 0 Å². The van der Waals surface area contributed by atoms with Crippen molar-refractivity contribution in [1.29, 1.82) is 0 Å². The van der Waals surface area contributed by atoms with E-state index in [9.17, 15) is 14.3 Å². The summed E-state index contributed by atoms with van der Waals surface area (Å²) in [5.74, 6) is -0.0363. The van der Waals surface area contributed by atoms with E-state index in [0.717, 1.165) is 22.9 Å². The lowest BCUT2D eigenvalue weighted by atomic mass is 9.76. The fraction of sp³-hybridized carbons (Fsp3) is 0.345. The summed E-state index contributed by atoms with van der Waals surface area (Å²) in [7, 11) is 0. The maximum absolute atomic E-state index is 14.5. The first-order valence-electron chi connectivity index (χ1n) is 12.7. The Morgan fingerprint density at radius 3 is 2.81 bits per heavy atom. The number of carbonyl (C=O) groups excluding carboxylic acids is 1. The van der Waals surface area contributed by atoms with Gasteiger partial charge in [-0.25, -0.2) is 9.37 Å². The molecule has 3 N–H and O–H groups in total. The lowest BCUT2D eigenvalue weighted by molar-refractivity contribution is 0.0603. The van der Waals surface area contributed by atoms with Crippen LogP contribution in [-0.4, -0.2) is 43.9 Å². The van der Waals surface area contributed by atoms with Crippen LogP contribution < -0.4 is 10.1 Å². The molecular weight excluding hydrogens is 471 g/mol. The van der Waals surface area contributed by atoms with Gasteiger partial charge in [-0.05, 0) is 81.8 Å². The van der Waals surface area contributed by atoms with E-state index >= 15 is 0 Å². The number of hydrogen-bond acceptors (Lipinski definition) is 5. The zero-order chi connectivity index (χ0) is 26.0. The predicted octanol–water partition coefficient (Wildman–Crippen LogP) is 5.20. The Labute approximate surface area is 215 Å². The molecule has 0 spiro atoms. The number of aromatic amines is 1. The Morgan fingerprint density at radius 2 is 2.08 bits per heavy atom. The van der Waals surface area contributed by atoms with Crippen LogP contribution in [0, 0.1) is 5.82 Å². The van der Waals surface area contributed by atoms with Crippen LogP contribution in [-0.2, 0) is 6.42 Å². The number of amides is 1. The van der Waals surface area contributed by atoms with Crippen molar-refractivity contribution >= 4 is 16.8 Å². The van der Waals surface area contributed by atoms with Gasteiger partial charge >= 0.3 is 0 Å². The third kappa shape index (κ3) is 5.49. The molecule has 8 heteroatoms. The Morgan fingerprint density at radius 1 is 1.24 bits per heavy atom. The molecule has 1 aliphatic carbocycles. The van der Waals surface area contributed by atoms with E-state index in [0.29, 0.717) is 48.4 Å². The number of carbonyl (C=O) groups is 1. The van der Waals surface area contributed by atoms with Gasteiger partial charge in [0.25, 0.3) is 5.91 Å². The van der Waals surface area contributed by atoms with Gasteiger partial charge in [-0.3, -0.25) is 9.89 Å². The monoisotopic (exact) mass is 502 g/mol.